The van der Waals surface area contributed by atoms with E-state index in [-0.39, 0.29) is 18.5 Å². The van der Waals surface area contributed by atoms with Crippen molar-refractivity contribution in [2.24, 2.45) is 0 Å². The third kappa shape index (κ3) is 41.8. The van der Waals surface area contributed by atoms with Crippen molar-refractivity contribution >= 4 is 11.9 Å². The summed E-state index contributed by atoms with van der Waals surface area (Å²) in [6.07, 6.45) is 51.5. The van der Waals surface area contributed by atoms with Crippen molar-refractivity contribution in [3.63, 3.8) is 0 Å². The van der Waals surface area contributed by atoms with E-state index in [0.29, 0.717) is 25.9 Å². The van der Waals surface area contributed by atoms with E-state index in [2.05, 4.69) is 43.5 Å². The number of unbranched alkanes of at least 4 members (excludes halogenated alkanes) is 29. The summed E-state index contributed by atoms with van der Waals surface area (Å²) in [5, 5.41) is 23.0. The number of ether oxygens (including phenoxy) is 1. The van der Waals surface area contributed by atoms with E-state index >= 15 is 0 Å². The normalized spacial score (nSPS) is 12.9. The number of esters is 1. The van der Waals surface area contributed by atoms with Crippen LogP contribution in [0.3, 0.4) is 0 Å². The predicted molar refractivity (Wildman–Crippen MR) is 236 cm³/mol. The van der Waals surface area contributed by atoms with Gasteiger partial charge in [-0.25, -0.2) is 0 Å². The zero-order valence-electron chi connectivity index (χ0n) is 36.7. The molecule has 0 aromatic heterocycles. The molecule has 3 N–H and O–H groups in total. The number of carbonyl (C=O) groups excluding carboxylic acids is 2. The van der Waals surface area contributed by atoms with Gasteiger partial charge in [0.25, 0.3) is 0 Å². The molecule has 6 nitrogen and oxygen atoms in total. The second-order valence-corrected chi connectivity index (χ2v) is 16.4. The maximum Gasteiger partial charge on any atom is 0.305 e. The molecule has 2 unspecified atom stereocenters. The molecule has 0 aliphatic rings. The van der Waals surface area contributed by atoms with Gasteiger partial charge in [-0.2, -0.15) is 0 Å². The first kappa shape index (κ1) is 53.3. The van der Waals surface area contributed by atoms with Gasteiger partial charge in [0.05, 0.1) is 25.4 Å². The third-order valence-corrected chi connectivity index (χ3v) is 11.0. The third-order valence-electron chi connectivity index (χ3n) is 11.0. The van der Waals surface area contributed by atoms with Crippen molar-refractivity contribution in [3.05, 3.63) is 24.3 Å². The van der Waals surface area contributed by atoms with Crippen LogP contribution in [0.25, 0.3) is 0 Å². The molecule has 324 valence electrons. The lowest BCUT2D eigenvalue weighted by Gasteiger charge is -2.22. The molecule has 0 aliphatic heterocycles. The summed E-state index contributed by atoms with van der Waals surface area (Å²) in [5.74, 6) is -0.0698. The minimum Gasteiger partial charge on any atom is -0.466 e. The Kier molecular flexibility index (Phi) is 43.7. The van der Waals surface area contributed by atoms with Crippen molar-refractivity contribution in [2.75, 3.05) is 13.2 Å². The second-order valence-electron chi connectivity index (χ2n) is 16.4. The highest BCUT2D eigenvalue weighted by atomic mass is 16.5. The first-order valence-electron chi connectivity index (χ1n) is 24.1. The molecule has 0 radical (unpaired) electrons. The maximum atomic E-state index is 12.4. The summed E-state index contributed by atoms with van der Waals surface area (Å²) in [6, 6.07) is -0.550. The van der Waals surface area contributed by atoms with Crippen molar-refractivity contribution in [1.82, 2.24) is 5.32 Å². The van der Waals surface area contributed by atoms with Gasteiger partial charge in [-0.3, -0.25) is 9.59 Å². The van der Waals surface area contributed by atoms with Crippen LogP contribution < -0.4 is 5.32 Å². The largest absolute Gasteiger partial charge is 0.466 e. The van der Waals surface area contributed by atoms with Gasteiger partial charge in [-0.15, -0.1) is 0 Å². The van der Waals surface area contributed by atoms with Crippen LogP contribution in [0.2, 0.25) is 0 Å². The lowest BCUT2D eigenvalue weighted by molar-refractivity contribution is -0.143. The Bertz CT molecular complexity index is 858. The fourth-order valence-corrected chi connectivity index (χ4v) is 7.26. The van der Waals surface area contributed by atoms with Crippen LogP contribution in [0.15, 0.2) is 24.3 Å². The fraction of sp³-hybridized carbons (Fsp3) is 0.878. The maximum absolute atomic E-state index is 12.4. The van der Waals surface area contributed by atoms with Gasteiger partial charge in [0.1, 0.15) is 0 Å². The molecule has 0 rings (SSSR count). The molecular formula is C49H93NO5. The van der Waals surface area contributed by atoms with Gasteiger partial charge in [-0.1, -0.05) is 199 Å². The van der Waals surface area contributed by atoms with Crippen LogP contribution in [0.1, 0.15) is 251 Å². The van der Waals surface area contributed by atoms with Gasteiger partial charge >= 0.3 is 5.97 Å². The molecule has 0 aromatic carbocycles. The molecular weight excluding hydrogens is 683 g/mol. The van der Waals surface area contributed by atoms with E-state index < -0.39 is 12.1 Å². The molecule has 0 spiro atoms. The van der Waals surface area contributed by atoms with Gasteiger partial charge < -0.3 is 20.3 Å². The molecule has 55 heavy (non-hydrogen) atoms. The van der Waals surface area contributed by atoms with Crippen LogP contribution in [0.4, 0.5) is 0 Å². The van der Waals surface area contributed by atoms with Gasteiger partial charge in [0.2, 0.25) is 5.91 Å². The van der Waals surface area contributed by atoms with E-state index in [1.807, 2.05) is 0 Å². The number of nitrogens with one attached hydrogen (secondary N) is 1. The van der Waals surface area contributed by atoms with Crippen molar-refractivity contribution in [1.29, 1.82) is 0 Å². The summed E-state index contributed by atoms with van der Waals surface area (Å²) in [5.41, 5.74) is 0. The Hall–Kier alpha value is -1.66. The molecule has 6 heteroatoms. The monoisotopic (exact) mass is 776 g/mol. The van der Waals surface area contributed by atoms with Gasteiger partial charge in [0, 0.05) is 12.8 Å². The zero-order chi connectivity index (χ0) is 40.1. The van der Waals surface area contributed by atoms with E-state index in [0.717, 1.165) is 83.5 Å². The molecule has 0 aliphatic carbocycles. The van der Waals surface area contributed by atoms with Gasteiger partial charge in [-0.05, 0) is 64.2 Å². The van der Waals surface area contributed by atoms with Crippen LogP contribution in [-0.4, -0.2) is 47.4 Å². The lowest BCUT2D eigenvalue weighted by atomic mass is 10.0. The highest BCUT2D eigenvalue weighted by Crippen LogP contribution is 2.15. The van der Waals surface area contributed by atoms with Crippen molar-refractivity contribution < 1.29 is 24.5 Å². The SMILES string of the molecule is CCCCCCCCCCCCCCC(=O)OCCCCC/C=C\C/C=C\CCCCCCCCCC(=O)NC(CO)C(O)CCCCCCCCCCC. The van der Waals surface area contributed by atoms with Crippen LogP contribution in [-0.2, 0) is 14.3 Å². The summed E-state index contributed by atoms with van der Waals surface area (Å²) < 4.78 is 5.43. The summed E-state index contributed by atoms with van der Waals surface area (Å²) in [4.78, 5) is 24.3. The van der Waals surface area contributed by atoms with Crippen molar-refractivity contribution in [2.45, 2.75) is 264 Å². The Morgan fingerprint density at radius 1 is 0.509 bits per heavy atom. The van der Waals surface area contributed by atoms with E-state index in [4.69, 9.17) is 4.74 Å². The minimum absolute atomic E-state index is 0.0155. The quantitative estimate of drug-likeness (QED) is 0.0325. The van der Waals surface area contributed by atoms with Crippen LogP contribution >= 0.6 is 0 Å². The van der Waals surface area contributed by atoms with Crippen LogP contribution in [0.5, 0.6) is 0 Å². The predicted octanol–water partition coefficient (Wildman–Crippen LogP) is 14.0. The summed E-state index contributed by atoms with van der Waals surface area (Å²) >= 11 is 0. The molecule has 0 saturated heterocycles. The summed E-state index contributed by atoms with van der Waals surface area (Å²) in [6.45, 7) is 4.87. The van der Waals surface area contributed by atoms with E-state index in [9.17, 15) is 19.8 Å². The number of amides is 1. The Balaban J connectivity index is 3.49. The number of carbonyl (C=O) groups is 2. The summed E-state index contributed by atoms with van der Waals surface area (Å²) in [7, 11) is 0. The zero-order valence-corrected chi connectivity index (χ0v) is 36.7. The topological polar surface area (TPSA) is 95.9 Å². The molecule has 0 fully saturated rings. The highest BCUT2D eigenvalue weighted by molar-refractivity contribution is 5.76. The second kappa shape index (κ2) is 45.0. The number of hydrogen-bond donors (Lipinski definition) is 3. The number of hydrogen-bond acceptors (Lipinski definition) is 5. The first-order valence-corrected chi connectivity index (χ1v) is 24.1. The molecule has 0 saturated carbocycles. The number of aliphatic hydroxyl groups excluding tert-OH is 2. The first-order chi connectivity index (χ1) is 27.0. The highest BCUT2D eigenvalue weighted by Gasteiger charge is 2.20. The number of allylic oxidation sites excluding steroid dienone is 4. The molecule has 0 aromatic rings. The minimum atomic E-state index is -0.671. The number of aliphatic hydroxyl groups is 2. The average Bonchev–Trinajstić information content (AvgIpc) is 3.18. The van der Waals surface area contributed by atoms with Crippen LogP contribution in [0, 0.1) is 0 Å². The van der Waals surface area contributed by atoms with E-state index in [1.165, 1.54) is 135 Å². The Morgan fingerprint density at radius 2 is 0.909 bits per heavy atom. The molecule has 1 amide bonds. The standard InChI is InChI=1S/C49H93NO5/c1-3-5-7-9-11-13-14-23-27-31-35-39-43-49(54)55-44-40-36-32-28-24-21-19-17-15-16-18-20-22-26-30-34-38-42-48(53)50-46(45-51)47(52)41-37-33-29-25-12-10-8-6-4-2/h15,17,21,24,46-47,51-52H,3-14,16,18-20,22-23,25-45H2,1-2H3,(H,50,53)/b17-15-,24-21-. The number of rotatable bonds is 44. The Labute approximate surface area is 341 Å². The Morgan fingerprint density at radius 3 is 1.38 bits per heavy atom. The molecule has 2 atom stereocenters. The van der Waals surface area contributed by atoms with E-state index in [1.54, 1.807) is 0 Å². The van der Waals surface area contributed by atoms with Crippen molar-refractivity contribution in [3.8, 4) is 0 Å². The fourth-order valence-electron chi connectivity index (χ4n) is 7.26. The van der Waals surface area contributed by atoms with Gasteiger partial charge in [0.15, 0.2) is 0 Å². The molecule has 0 bridgehead atoms. The molecule has 0 heterocycles. The lowest BCUT2D eigenvalue weighted by Crippen LogP contribution is -2.45. The average molecular weight is 776 g/mol. The smallest absolute Gasteiger partial charge is 0.305 e.